The van der Waals surface area contributed by atoms with Crippen molar-refractivity contribution < 1.29 is 9.59 Å². The van der Waals surface area contributed by atoms with Crippen LogP contribution in [-0.2, 0) is 4.79 Å². The summed E-state index contributed by atoms with van der Waals surface area (Å²) in [5.74, 6) is 0. The number of nitrogens with zero attached hydrogens (tertiary/aromatic N) is 2. The lowest BCUT2D eigenvalue weighted by Gasteiger charge is -2.04. The first-order valence-electron chi connectivity index (χ1n) is 4.93. The molecular formula is C10H8ClN5O2. The van der Waals surface area contributed by atoms with Crippen LogP contribution in [0.25, 0.3) is 11.0 Å². The Balaban J connectivity index is 2.06. The number of nitrogens with one attached hydrogen (secondary N) is 3. The summed E-state index contributed by atoms with van der Waals surface area (Å²) in [6, 6.07) is 4.62. The van der Waals surface area contributed by atoms with Gasteiger partial charge in [0.25, 0.3) is 0 Å². The lowest BCUT2D eigenvalue weighted by molar-refractivity contribution is 0.252. The number of H-pyrrole nitrogens is 1. The lowest BCUT2D eigenvalue weighted by atomic mass is 10.3. The fourth-order valence-corrected chi connectivity index (χ4v) is 1.57. The van der Waals surface area contributed by atoms with Gasteiger partial charge in [-0.25, -0.2) is 14.6 Å². The van der Waals surface area contributed by atoms with Gasteiger partial charge in [-0.15, -0.1) is 0 Å². The summed E-state index contributed by atoms with van der Waals surface area (Å²) < 4.78 is 0. The van der Waals surface area contributed by atoms with Crippen molar-refractivity contribution in [2.75, 3.05) is 12.0 Å². The van der Waals surface area contributed by atoms with E-state index in [2.05, 4.69) is 25.6 Å². The van der Waals surface area contributed by atoms with Gasteiger partial charge in [0.1, 0.15) is 6.67 Å². The van der Waals surface area contributed by atoms with Gasteiger partial charge in [0.05, 0.1) is 11.0 Å². The smallest absolute Gasteiger partial charge is 0.320 e. The van der Waals surface area contributed by atoms with Crippen LogP contribution in [0.1, 0.15) is 0 Å². The Labute approximate surface area is 106 Å². The first-order valence-corrected chi connectivity index (χ1v) is 5.30. The van der Waals surface area contributed by atoms with E-state index >= 15 is 0 Å². The zero-order valence-electron chi connectivity index (χ0n) is 9.03. The number of imidazole rings is 1. The molecule has 0 saturated heterocycles. The minimum absolute atomic E-state index is 0.118. The molecule has 2 amide bonds. The molecule has 0 saturated carbocycles. The van der Waals surface area contributed by atoms with E-state index in [-0.39, 0.29) is 12.0 Å². The molecule has 0 bridgehead atoms. The third-order valence-electron chi connectivity index (χ3n) is 2.09. The summed E-state index contributed by atoms with van der Waals surface area (Å²) in [6.07, 6.45) is 1.32. The largest absolute Gasteiger partial charge is 0.329 e. The summed E-state index contributed by atoms with van der Waals surface area (Å²) in [6.45, 7) is -0.118. The molecule has 18 heavy (non-hydrogen) atoms. The molecule has 0 aliphatic rings. The number of isocyanates is 1. The third-order valence-corrected chi connectivity index (χ3v) is 2.27. The van der Waals surface area contributed by atoms with E-state index in [4.69, 9.17) is 11.6 Å². The van der Waals surface area contributed by atoms with E-state index in [0.29, 0.717) is 16.7 Å². The van der Waals surface area contributed by atoms with E-state index in [1.807, 2.05) is 0 Å². The molecule has 0 fully saturated rings. The zero-order valence-corrected chi connectivity index (χ0v) is 9.78. The average Bonchev–Trinajstić information content (AvgIpc) is 2.69. The van der Waals surface area contributed by atoms with Crippen LogP contribution in [0.3, 0.4) is 0 Å². The number of benzene rings is 1. The van der Waals surface area contributed by atoms with E-state index in [0.717, 1.165) is 0 Å². The van der Waals surface area contributed by atoms with Gasteiger partial charge in [-0.2, -0.15) is 4.99 Å². The van der Waals surface area contributed by atoms with Crippen LogP contribution >= 0.6 is 11.6 Å². The molecule has 1 aromatic heterocycles. The number of amides is 2. The van der Waals surface area contributed by atoms with E-state index in [1.54, 1.807) is 18.2 Å². The highest BCUT2D eigenvalue weighted by atomic mass is 35.5. The first-order chi connectivity index (χ1) is 8.69. The van der Waals surface area contributed by atoms with E-state index in [9.17, 15) is 9.59 Å². The molecular weight excluding hydrogens is 258 g/mol. The number of urea groups is 1. The van der Waals surface area contributed by atoms with Gasteiger partial charge in [-0.3, -0.25) is 0 Å². The van der Waals surface area contributed by atoms with Crippen LogP contribution in [0.2, 0.25) is 5.28 Å². The molecule has 0 aliphatic carbocycles. The Morgan fingerprint density at radius 2 is 2.39 bits per heavy atom. The van der Waals surface area contributed by atoms with Crippen LogP contribution in [0.4, 0.5) is 10.5 Å². The predicted molar refractivity (Wildman–Crippen MR) is 66.2 cm³/mol. The highest BCUT2D eigenvalue weighted by Gasteiger charge is 2.04. The second-order valence-electron chi connectivity index (χ2n) is 3.30. The summed E-state index contributed by atoms with van der Waals surface area (Å²) in [5.41, 5.74) is 1.98. The SMILES string of the molecule is O=C=NCNC(=O)Nc1ccc2nc(Cl)[nH]c2c1. The molecule has 0 spiro atoms. The van der Waals surface area contributed by atoms with Gasteiger partial charge >= 0.3 is 6.03 Å². The van der Waals surface area contributed by atoms with Crippen molar-refractivity contribution >= 4 is 40.4 Å². The number of aliphatic imine (C=N–C) groups is 1. The summed E-state index contributed by atoms with van der Waals surface area (Å²) >= 11 is 5.71. The Morgan fingerprint density at radius 1 is 1.56 bits per heavy atom. The van der Waals surface area contributed by atoms with Crippen LogP contribution in [0.5, 0.6) is 0 Å². The Morgan fingerprint density at radius 3 is 3.17 bits per heavy atom. The number of rotatable bonds is 3. The van der Waals surface area contributed by atoms with E-state index in [1.165, 1.54) is 6.08 Å². The lowest BCUT2D eigenvalue weighted by Crippen LogP contribution is -2.28. The first kappa shape index (κ1) is 12.1. The molecule has 2 aromatic rings. The van der Waals surface area contributed by atoms with Crippen LogP contribution in [-0.4, -0.2) is 28.7 Å². The maximum Gasteiger partial charge on any atom is 0.320 e. The minimum atomic E-state index is -0.473. The normalized spacial score (nSPS) is 9.83. The molecule has 3 N–H and O–H groups in total. The molecule has 92 valence electrons. The molecule has 1 heterocycles. The topological polar surface area (TPSA) is 99.2 Å². The number of halogens is 1. The standard InChI is InChI=1S/C10H8ClN5O2/c11-9-15-7-2-1-6(3-8(7)16-9)14-10(18)13-4-12-5-17/h1-3H,4H2,(H,15,16)(H2,13,14,18). The molecule has 1 aromatic carbocycles. The van der Waals surface area contributed by atoms with Gasteiger partial charge in [0.15, 0.2) is 0 Å². The molecule has 7 nitrogen and oxygen atoms in total. The van der Waals surface area contributed by atoms with Crippen molar-refractivity contribution in [2.24, 2.45) is 4.99 Å². The number of aromatic amines is 1. The van der Waals surface area contributed by atoms with Gasteiger partial charge < -0.3 is 15.6 Å². The van der Waals surface area contributed by atoms with Crippen molar-refractivity contribution in [3.05, 3.63) is 23.5 Å². The Bertz CT molecular complexity index is 632. The van der Waals surface area contributed by atoms with Crippen LogP contribution < -0.4 is 10.6 Å². The monoisotopic (exact) mass is 265 g/mol. The Hall–Kier alpha value is -2.37. The fourth-order valence-electron chi connectivity index (χ4n) is 1.38. The maximum atomic E-state index is 11.4. The quantitative estimate of drug-likeness (QED) is 0.581. The van der Waals surface area contributed by atoms with Gasteiger partial charge in [0.2, 0.25) is 11.4 Å². The highest BCUT2D eigenvalue weighted by molar-refractivity contribution is 6.29. The van der Waals surface area contributed by atoms with Crippen molar-refractivity contribution in [1.82, 2.24) is 15.3 Å². The Kier molecular flexibility index (Phi) is 3.57. The summed E-state index contributed by atoms with van der Waals surface area (Å²) in [4.78, 5) is 31.2. The number of fused-ring (bicyclic) bond motifs is 1. The fraction of sp³-hybridized carbons (Fsp3) is 0.100. The van der Waals surface area contributed by atoms with Crippen LogP contribution in [0, 0.1) is 0 Å². The summed E-state index contributed by atoms with van der Waals surface area (Å²) in [7, 11) is 0. The van der Waals surface area contributed by atoms with Gasteiger partial charge in [-0.05, 0) is 29.8 Å². The second kappa shape index (κ2) is 5.31. The van der Waals surface area contributed by atoms with Crippen molar-refractivity contribution in [3.8, 4) is 0 Å². The average molecular weight is 266 g/mol. The zero-order chi connectivity index (χ0) is 13.0. The van der Waals surface area contributed by atoms with Gasteiger partial charge in [-0.1, -0.05) is 0 Å². The molecule has 0 atom stereocenters. The molecule has 0 unspecified atom stereocenters. The molecule has 8 heteroatoms. The summed E-state index contributed by atoms with van der Waals surface area (Å²) in [5, 5.41) is 5.21. The number of hydrogen-bond acceptors (Lipinski definition) is 4. The highest BCUT2D eigenvalue weighted by Crippen LogP contribution is 2.18. The second-order valence-corrected chi connectivity index (χ2v) is 3.66. The van der Waals surface area contributed by atoms with Crippen molar-refractivity contribution in [1.29, 1.82) is 0 Å². The number of aromatic nitrogens is 2. The van der Waals surface area contributed by atoms with Gasteiger partial charge in [0, 0.05) is 5.69 Å². The number of carbonyl (C=O) groups excluding carboxylic acids is 2. The minimum Gasteiger partial charge on any atom is -0.329 e. The van der Waals surface area contributed by atoms with Crippen molar-refractivity contribution in [2.45, 2.75) is 0 Å². The van der Waals surface area contributed by atoms with Crippen LogP contribution in [0.15, 0.2) is 23.2 Å². The molecule has 2 rings (SSSR count). The van der Waals surface area contributed by atoms with E-state index < -0.39 is 6.03 Å². The maximum absolute atomic E-state index is 11.4. The van der Waals surface area contributed by atoms with Crippen molar-refractivity contribution in [3.63, 3.8) is 0 Å². The predicted octanol–water partition coefficient (Wildman–Crippen LogP) is 1.63. The number of hydrogen-bond donors (Lipinski definition) is 3. The number of anilines is 1. The molecule has 0 radical (unpaired) electrons. The third kappa shape index (κ3) is 2.85. The molecule has 0 aliphatic heterocycles. The number of carbonyl (C=O) groups is 1.